The van der Waals surface area contributed by atoms with Crippen LogP contribution in [0, 0.1) is 0 Å². The minimum Gasteiger partial charge on any atom is -0.372 e. The highest BCUT2D eigenvalue weighted by molar-refractivity contribution is 6.07. The van der Waals surface area contributed by atoms with Gasteiger partial charge in [-0.15, -0.1) is 0 Å². The summed E-state index contributed by atoms with van der Waals surface area (Å²) in [7, 11) is 1.69. The van der Waals surface area contributed by atoms with Gasteiger partial charge in [0.05, 0.1) is 5.56 Å². The lowest BCUT2D eigenvalue weighted by Crippen LogP contribution is -2.14. The number of rotatable bonds is 4. The van der Waals surface area contributed by atoms with Gasteiger partial charge in [0.25, 0.3) is 5.91 Å². The first-order valence-electron chi connectivity index (χ1n) is 5.57. The molecule has 1 aromatic carbocycles. The van der Waals surface area contributed by atoms with Gasteiger partial charge in [-0.25, -0.2) is 4.98 Å². The molecule has 0 aliphatic rings. The van der Waals surface area contributed by atoms with Crippen LogP contribution >= 0.6 is 0 Å². The quantitative estimate of drug-likeness (QED) is 0.888. The highest BCUT2D eigenvalue weighted by Gasteiger charge is 2.11. The molecule has 1 amide bonds. The van der Waals surface area contributed by atoms with E-state index in [0.29, 0.717) is 17.1 Å². The number of carbonyl (C=O) groups excluding carboxylic acids is 1. The van der Waals surface area contributed by atoms with Gasteiger partial charge in [0.15, 0.2) is 5.75 Å². The largest absolute Gasteiger partial charge is 0.372 e. The Hall–Kier alpha value is -2.63. The zero-order valence-electron chi connectivity index (χ0n) is 10.2. The van der Waals surface area contributed by atoms with Gasteiger partial charge in [0.1, 0.15) is 5.82 Å². The standard InChI is InChI=1S/C13H12FN3O2/c1-15-12-11(3-2-8-16-12)13(18)17-9-4-6-10(19-14)7-5-9/h2-8H,1H3,(H,15,16)(H,17,18). The second-order valence-electron chi connectivity index (χ2n) is 3.71. The topological polar surface area (TPSA) is 63.2 Å². The molecule has 0 spiro atoms. The van der Waals surface area contributed by atoms with E-state index in [1.54, 1.807) is 37.5 Å². The Morgan fingerprint density at radius 1 is 1.26 bits per heavy atom. The van der Waals surface area contributed by atoms with Crippen LogP contribution in [0.5, 0.6) is 5.75 Å². The maximum atomic E-state index is 12.1. The Labute approximate surface area is 109 Å². The smallest absolute Gasteiger partial charge is 0.259 e. The maximum Gasteiger partial charge on any atom is 0.259 e. The number of benzene rings is 1. The van der Waals surface area contributed by atoms with Crippen molar-refractivity contribution in [2.24, 2.45) is 0 Å². The molecule has 0 unspecified atom stereocenters. The Balaban J connectivity index is 2.16. The average Bonchev–Trinajstić information content (AvgIpc) is 2.48. The summed E-state index contributed by atoms with van der Waals surface area (Å²) in [6, 6.07) is 9.25. The molecule has 1 aromatic heterocycles. The number of aromatic nitrogens is 1. The molecule has 5 nitrogen and oxygen atoms in total. The van der Waals surface area contributed by atoms with E-state index in [1.807, 2.05) is 0 Å². The summed E-state index contributed by atoms with van der Waals surface area (Å²) in [5.74, 6) is 0.269. The van der Waals surface area contributed by atoms with Crippen LogP contribution in [0.15, 0.2) is 42.6 Å². The van der Waals surface area contributed by atoms with Crippen LogP contribution in [-0.2, 0) is 0 Å². The van der Waals surface area contributed by atoms with Gasteiger partial charge in [-0.1, -0.05) is 0 Å². The van der Waals surface area contributed by atoms with Crippen molar-refractivity contribution >= 4 is 17.4 Å². The number of nitrogens with zero attached hydrogens (tertiary/aromatic N) is 1. The van der Waals surface area contributed by atoms with Crippen LogP contribution in [0.1, 0.15) is 10.4 Å². The van der Waals surface area contributed by atoms with Crippen molar-refractivity contribution in [3.63, 3.8) is 0 Å². The second kappa shape index (κ2) is 5.81. The predicted molar refractivity (Wildman–Crippen MR) is 69.9 cm³/mol. The van der Waals surface area contributed by atoms with Crippen LogP contribution in [-0.4, -0.2) is 17.9 Å². The van der Waals surface area contributed by atoms with Gasteiger partial charge in [0, 0.05) is 23.5 Å². The Kier molecular flexibility index (Phi) is 3.92. The highest BCUT2D eigenvalue weighted by atomic mass is 19.3. The first-order chi connectivity index (χ1) is 9.24. The third-order valence-electron chi connectivity index (χ3n) is 2.49. The van der Waals surface area contributed by atoms with Gasteiger partial charge in [-0.05, 0) is 36.4 Å². The van der Waals surface area contributed by atoms with Gasteiger partial charge < -0.3 is 10.6 Å². The number of anilines is 2. The summed E-state index contributed by atoms with van der Waals surface area (Å²) in [5.41, 5.74) is 0.965. The molecule has 19 heavy (non-hydrogen) atoms. The lowest BCUT2D eigenvalue weighted by Gasteiger charge is -2.08. The van der Waals surface area contributed by atoms with Gasteiger partial charge in [0.2, 0.25) is 0 Å². The number of hydrogen-bond donors (Lipinski definition) is 2. The Morgan fingerprint density at radius 3 is 2.63 bits per heavy atom. The van der Waals surface area contributed by atoms with Crippen molar-refractivity contribution in [2.45, 2.75) is 0 Å². The molecule has 0 fully saturated rings. The molecule has 0 saturated heterocycles. The van der Waals surface area contributed by atoms with Gasteiger partial charge in [-0.2, -0.15) is 0 Å². The summed E-state index contributed by atoms with van der Waals surface area (Å²) < 4.78 is 11.9. The van der Waals surface area contributed by atoms with E-state index in [4.69, 9.17) is 0 Å². The Morgan fingerprint density at radius 2 is 2.00 bits per heavy atom. The minimum atomic E-state index is -0.300. The molecule has 6 heteroatoms. The first kappa shape index (κ1) is 12.8. The second-order valence-corrected chi connectivity index (χ2v) is 3.71. The highest BCUT2D eigenvalue weighted by Crippen LogP contribution is 2.18. The summed E-state index contributed by atoms with van der Waals surface area (Å²) in [6.45, 7) is 0. The maximum absolute atomic E-state index is 12.1. The molecular formula is C13H12FN3O2. The number of halogens is 1. The van der Waals surface area contributed by atoms with E-state index in [0.717, 1.165) is 0 Å². The molecular weight excluding hydrogens is 249 g/mol. The number of hydrogen-bond acceptors (Lipinski definition) is 4. The lowest BCUT2D eigenvalue weighted by atomic mass is 10.2. The van der Waals surface area contributed by atoms with Crippen LogP contribution in [0.25, 0.3) is 0 Å². The number of nitrogens with one attached hydrogen (secondary N) is 2. The van der Waals surface area contributed by atoms with Crippen LogP contribution in [0.4, 0.5) is 16.0 Å². The summed E-state index contributed by atoms with van der Waals surface area (Å²) in [5, 5.41) is 5.53. The van der Waals surface area contributed by atoms with E-state index in [1.165, 1.54) is 12.1 Å². The molecule has 98 valence electrons. The minimum absolute atomic E-state index is 0.0790. The van der Waals surface area contributed by atoms with E-state index < -0.39 is 0 Å². The molecule has 0 atom stereocenters. The fourth-order valence-corrected chi connectivity index (χ4v) is 1.58. The molecule has 0 bridgehead atoms. The summed E-state index contributed by atoms with van der Waals surface area (Å²) in [6.07, 6.45) is 1.59. The van der Waals surface area contributed by atoms with Crippen molar-refractivity contribution in [1.82, 2.24) is 4.98 Å². The SMILES string of the molecule is CNc1ncccc1C(=O)Nc1ccc(OF)cc1. The molecule has 1 heterocycles. The Bertz CT molecular complexity index is 572. The normalized spacial score (nSPS) is 9.79. The molecule has 0 aliphatic heterocycles. The molecule has 0 saturated carbocycles. The fourth-order valence-electron chi connectivity index (χ4n) is 1.58. The summed E-state index contributed by atoms with van der Waals surface area (Å²) >= 11 is 0. The van der Waals surface area contributed by atoms with Crippen LogP contribution in [0.3, 0.4) is 0 Å². The van der Waals surface area contributed by atoms with Crippen molar-refractivity contribution in [3.8, 4) is 5.75 Å². The van der Waals surface area contributed by atoms with Crippen molar-refractivity contribution in [3.05, 3.63) is 48.2 Å². The third kappa shape index (κ3) is 2.98. The van der Waals surface area contributed by atoms with Crippen molar-refractivity contribution in [2.75, 3.05) is 17.7 Å². The number of pyridine rings is 1. The van der Waals surface area contributed by atoms with Crippen molar-refractivity contribution < 1.29 is 14.3 Å². The lowest BCUT2D eigenvalue weighted by molar-refractivity contribution is -0.00618. The van der Waals surface area contributed by atoms with Crippen molar-refractivity contribution in [1.29, 1.82) is 0 Å². The van der Waals surface area contributed by atoms with Gasteiger partial charge >= 0.3 is 0 Å². The zero-order chi connectivity index (χ0) is 13.7. The number of carbonyl (C=O) groups is 1. The van der Waals surface area contributed by atoms with Crippen LogP contribution < -0.4 is 15.6 Å². The molecule has 0 aliphatic carbocycles. The molecule has 2 aromatic rings. The summed E-state index contributed by atoms with van der Waals surface area (Å²) in [4.78, 5) is 19.7. The fraction of sp³-hybridized carbons (Fsp3) is 0.0769. The monoisotopic (exact) mass is 261 g/mol. The number of amides is 1. The van der Waals surface area contributed by atoms with Gasteiger partial charge in [-0.3, -0.25) is 9.74 Å². The third-order valence-corrected chi connectivity index (χ3v) is 2.49. The zero-order valence-corrected chi connectivity index (χ0v) is 10.2. The average molecular weight is 261 g/mol. The van der Waals surface area contributed by atoms with E-state index in [2.05, 4.69) is 20.6 Å². The predicted octanol–water partition coefficient (Wildman–Crippen LogP) is 2.64. The van der Waals surface area contributed by atoms with E-state index >= 15 is 0 Å². The van der Waals surface area contributed by atoms with Crippen LogP contribution in [0.2, 0.25) is 0 Å². The molecule has 0 radical (unpaired) electrons. The first-order valence-corrected chi connectivity index (χ1v) is 5.57. The van der Waals surface area contributed by atoms with E-state index in [-0.39, 0.29) is 11.7 Å². The molecule has 2 rings (SSSR count). The van der Waals surface area contributed by atoms with E-state index in [9.17, 15) is 9.32 Å². The molecule has 2 N–H and O–H groups in total.